The second-order valence-corrected chi connectivity index (χ2v) is 8.95. The first kappa shape index (κ1) is 17.3. The Kier molecular flexibility index (Phi) is 4.83. The average Bonchev–Trinajstić information content (AvgIpc) is 3.32. The van der Waals surface area contributed by atoms with Gasteiger partial charge in [-0.15, -0.1) is 0 Å². The van der Waals surface area contributed by atoms with Gasteiger partial charge in [0.25, 0.3) is 0 Å². The number of H-pyrrole nitrogens is 1. The number of sulfone groups is 1. The molecule has 1 aromatic heterocycles. The van der Waals surface area contributed by atoms with Gasteiger partial charge < -0.3 is 10.3 Å². The molecule has 5 heteroatoms. The summed E-state index contributed by atoms with van der Waals surface area (Å²) >= 11 is 0. The van der Waals surface area contributed by atoms with Crippen LogP contribution in [0.1, 0.15) is 31.2 Å². The summed E-state index contributed by atoms with van der Waals surface area (Å²) in [5.41, 5.74) is 2.01. The fraction of sp³-hybridized carbons (Fsp3) is 0.333. The van der Waals surface area contributed by atoms with Gasteiger partial charge in [0.15, 0.2) is 0 Å². The van der Waals surface area contributed by atoms with E-state index in [1.165, 1.54) is 25.7 Å². The van der Waals surface area contributed by atoms with E-state index in [2.05, 4.69) is 16.4 Å². The van der Waals surface area contributed by atoms with E-state index >= 15 is 0 Å². The zero-order valence-electron chi connectivity index (χ0n) is 14.7. The Morgan fingerprint density at radius 2 is 1.81 bits per heavy atom. The van der Waals surface area contributed by atoms with Crippen molar-refractivity contribution in [2.24, 2.45) is 0 Å². The predicted octanol–water partition coefficient (Wildman–Crippen LogP) is 4.08. The lowest BCUT2D eigenvalue weighted by Gasteiger charge is -2.11. The van der Waals surface area contributed by atoms with E-state index in [4.69, 9.17) is 0 Å². The Balaban J connectivity index is 1.58. The minimum absolute atomic E-state index is 0.328. The predicted molar refractivity (Wildman–Crippen MR) is 104 cm³/mol. The molecule has 136 valence electrons. The van der Waals surface area contributed by atoms with Gasteiger partial charge >= 0.3 is 0 Å². The number of fused-ring (bicyclic) bond motifs is 1. The molecule has 1 saturated carbocycles. The van der Waals surface area contributed by atoms with E-state index in [9.17, 15) is 8.42 Å². The van der Waals surface area contributed by atoms with Crippen LogP contribution in [0, 0.1) is 0 Å². The van der Waals surface area contributed by atoms with Crippen LogP contribution in [0.2, 0.25) is 0 Å². The Morgan fingerprint density at radius 3 is 2.58 bits per heavy atom. The van der Waals surface area contributed by atoms with Crippen molar-refractivity contribution in [1.82, 2.24) is 10.3 Å². The molecule has 0 atom stereocenters. The van der Waals surface area contributed by atoms with Crippen LogP contribution in [0.5, 0.6) is 0 Å². The van der Waals surface area contributed by atoms with Crippen LogP contribution in [0.3, 0.4) is 0 Å². The molecule has 4 nitrogen and oxygen atoms in total. The third kappa shape index (κ3) is 3.41. The summed E-state index contributed by atoms with van der Waals surface area (Å²) in [6.45, 7) is 0.932. The molecular formula is C21H24N2O2S. The zero-order chi connectivity index (χ0) is 18.0. The fourth-order valence-corrected chi connectivity index (χ4v) is 5.24. The van der Waals surface area contributed by atoms with Crippen molar-refractivity contribution < 1.29 is 8.42 Å². The van der Waals surface area contributed by atoms with Gasteiger partial charge in [0.1, 0.15) is 0 Å². The monoisotopic (exact) mass is 368 g/mol. The van der Waals surface area contributed by atoms with Crippen molar-refractivity contribution in [1.29, 1.82) is 0 Å². The molecule has 0 amide bonds. The molecule has 1 aliphatic rings. The van der Waals surface area contributed by atoms with E-state index in [1.54, 1.807) is 30.5 Å². The van der Waals surface area contributed by atoms with E-state index < -0.39 is 9.84 Å². The van der Waals surface area contributed by atoms with Crippen molar-refractivity contribution in [2.45, 2.75) is 47.9 Å². The lowest BCUT2D eigenvalue weighted by molar-refractivity contribution is 0.528. The molecule has 0 aliphatic heterocycles. The minimum atomic E-state index is -3.52. The van der Waals surface area contributed by atoms with Gasteiger partial charge in [-0.1, -0.05) is 37.1 Å². The lowest BCUT2D eigenvalue weighted by Crippen LogP contribution is -2.27. The van der Waals surface area contributed by atoms with Crippen LogP contribution in [0.4, 0.5) is 0 Å². The molecule has 2 aromatic carbocycles. The Hall–Kier alpha value is -2.11. The highest BCUT2D eigenvalue weighted by molar-refractivity contribution is 7.91. The summed E-state index contributed by atoms with van der Waals surface area (Å²) in [7, 11) is -3.52. The summed E-state index contributed by atoms with van der Waals surface area (Å²) < 4.78 is 26.0. The summed E-state index contributed by atoms with van der Waals surface area (Å²) in [4.78, 5) is 3.78. The van der Waals surface area contributed by atoms with Gasteiger partial charge in [-0.05, 0) is 55.6 Å². The maximum absolute atomic E-state index is 13.0. The van der Waals surface area contributed by atoms with Crippen LogP contribution in [0.15, 0.2) is 64.5 Å². The van der Waals surface area contributed by atoms with E-state index in [1.807, 2.05) is 18.2 Å². The second kappa shape index (κ2) is 7.25. The molecule has 1 aliphatic carbocycles. The smallest absolute Gasteiger partial charge is 0.208 e. The van der Waals surface area contributed by atoms with E-state index in [-0.39, 0.29) is 0 Å². The average molecular weight is 369 g/mol. The quantitative estimate of drug-likeness (QED) is 0.689. The SMILES string of the molecule is O=S(=O)(c1ccccc1)c1c[nH]c2ccc(CCNC3CCCC3)cc12. The standard InChI is InChI=1S/C21H24N2O2S/c24-26(25,18-8-2-1-3-9-18)21-15-23-20-11-10-16(14-19(20)21)12-13-22-17-6-4-5-7-17/h1-3,8-11,14-15,17,22-23H,4-7,12-13H2. The summed E-state index contributed by atoms with van der Waals surface area (Å²) in [6, 6.07) is 15.3. The first-order valence-electron chi connectivity index (χ1n) is 9.28. The molecule has 0 unspecified atom stereocenters. The van der Waals surface area contributed by atoms with Gasteiger partial charge in [0, 0.05) is 23.1 Å². The molecule has 0 saturated heterocycles. The van der Waals surface area contributed by atoms with Crippen LogP contribution >= 0.6 is 0 Å². The maximum Gasteiger partial charge on any atom is 0.208 e. The second-order valence-electron chi connectivity index (χ2n) is 7.03. The number of aromatic nitrogens is 1. The van der Waals surface area contributed by atoms with Gasteiger partial charge in [-0.2, -0.15) is 0 Å². The third-order valence-electron chi connectivity index (χ3n) is 5.25. The molecule has 1 heterocycles. The molecule has 3 aromatic rings. The van der Waals surface area contributed by atoms with Crippen molar-refractivity contribution >= 4 is 20.7 Å². The Morgan fingerprint density at radius 1 is 1.04 bits per heavy atom. The van der Waals surface area contributed by atoms with Gasteiger partial charge in [0.05, 0.1) is 9.79 Å². The van der Waals surface area contributed by atoms with Crippen LogP contribution < -0.4 is 5.32 Å². The number of hydrogen-bond acceptors (Lipinski definition) is 3. The number of hydrogen-bond donors (Lipinski definition) is 2. The topological polar surface area (TPSA) is 62.0 Å². The van der Waals surface area contributed by atoms with E-state index in [0.29, 0.717) is 15.8 Å². The third-order valence-corrected chi connectivity index (χ3v) is 7.06. The number of benzene rings is 2. The zero-order valence-corrected chi connectivity index (χ0v) is 15.6. The molecule has 0 radical (unpaired) electrons. The largest absolute Gasteiger partial charge is 0.360 e. The molecule has 0 bridgehead atoms. The van der Waals surface area contributed by atoms with Crippen molar-refractivity contribution in [3.05, 3.63) is 60.3 Å². The van der Waals surface area contributed by atoms with Crippen LogP contribution in [0.25, 0.3) is 10.9 Å². The van der Waals surface area contributed by atoms with Crippen molar-refractivity contribution in [3.63, 3.8) is 0 Å². The lowest BCUT2D eigenvalue weighted by atomic mass is 10.1. The summed E-state index contributed by atoms with van der Waals surface area (Å²) in [5.74, 6) is 0. The normalized spacial score (nSPS) is 15.7. The maximum atomic E-state index is 13.0. The highest BCUT2D eigenvalue weighted by Crippen LogP contribution is 2.29. The fourth-order valence-electron chi connectivity index (χ4n) is 3.80. The number of rotatable bonds is 6. The van der Waals surface area contributed by atoms with Gasteiger partial charge in [0.2, 0.25) is 9.84 Å². The molecule has 1 fully saturated rings. The molecule has 2 N–H and O–H groups in total. The van der Waals surface area contributed by atoms with Crippen LogP contribution in [-0.4, -0.2) is 26.0 Å². The highest BCUT2D eigenvalue weighted by atomic mass is 32.2. The highest BCUT2D eigenvalue weighted by Gasteiger charge is 2.21. The first-order valence-corrected chi connectivity index (χ1v) is 10.8. The van der Waals surface area contributed by atoms with Crippen LogP contribution in [-0.2, 0) is 16.3 Å². The number of aromatic amines is 1. The summed E-state index contributed by atoms with van der Waals surface area (Å²) in [5, 5.41) is 4.39. The Bertz CT molecular complexity index is 987. The van der Waals surface area contributed by atoms with Gasteiger partial charge in [-0.25, -0.2) is 8.42 Å². The van der Waals surface area contributed by atoms with Crippen molar-refractivity contribution in [3.8, 4) is 0 Å². The van der Waals surface area contributed by atoms with Gasteiger partial charge in [-0.3, -0.25) is 0 Å². The summed E-state index contributed by atoms with van der Waals surface area (Å²) in [6.07, 6.45) is 7.71. The van der Waals surface area contributed by atoms with Crippen molar-refractivity contribution in [2.75, 3.05) is 6.54 Å². The molecular weight excluding hydrogens is 344 g/mol. The minimum Gasteiger partial charge on any atom is -0.360 e. The molecule has 4 rings (SSSR count). The Labute approximate surface area is 154 Å². The molecule has 0 spiro atoms. The number of nitrogens with one attached hydrogen (secondary N) is 2. The van der Waals surface area contributed by atoms with E-state index in [0.717, 1.165) is 29.4 Å². The first-order chi connectivity index (χ1) is 12.6. The molecule has 26 heavy (non-hydrogen) atoms.